The van der Waals surface area contributed by atoms with Crippen molar-refractivity contribution in [1.29, 1.82) is 0 Å². The van der Waals surface area contributed by atoms with E-state index in [-0.39, 0.29) is 36.6 Å². The Labute approximate surface area is 174 Å². The van der Waals surface area contributed by atoms with Crippen molar-refractivity contribution in [2.75, 3.05) is 18.4 Å². The number of anilines is 1. The summed E-state index contributed by atoms with van der Waals surface area (Å²) in [6.07, 6.45) is 0.722. The number of carbonyl (C=O) groups excluding carboxylic acids is 2. The van der Waals surface area contributed by atoms with Gasteiger partial charge >= 0.3 is 6.18 Å². The van der Waals surface area contributed by atoms with E-state index >= 15 is 0 Å². The van der Waals surface area contributed by atoms with Crippen molar-refractivity contribution >= 4 is 29.9 Å². The molecule has 29 heavy (non-hydrogen) atoms. The van der Waals surface area contributed by atoms with Crippen LogP contribution in [-0.4, -0.2) is 41.9 Å². The average Bonchev–Trinajstić information content (AvgIpc) is 3.09. The Hall–Kier alpha value is -1.80. The minimum Gasteiger partial charge on any atom is -0.332 e. The fourth-order valence-corrected chi connectivity index (χ4v) is 4.28. The summed E-state index contributed by atoms with van der Waals surface area (Å²) in [7, 11) is 0. The topological polar surface area (TPSA) is 61.4 Å². The summed E-state index contributed by atoms with van der Waals surface area (Å²) in [6, 6.07) is 4.87. The van der Waals surface area contributed by atoms with Gasteiger partial charge in [-0.25, -0.2) is 0 Å². The number of fused-ring (bicyclic) bond motifs is 1. The van der Waals surface area contributed by atoms with Gasteiger partial charge in [-0.3, -0.25) is 9.59 Å². The Bertz CT molecular complexity index is 715. The second kappa shape index (κ2) is 9.80. The minimum absolute atomic E-state index is 0. The van der Waals surface area contributed by atoms with E-state index < -0.39 is 17.6 Å². The Kier molecular flexibility index (Phi) is 7.94. The van der Waals surface area contributed by atoms with Gasteiger partial charge in [0, 0.05) is 12.6 Å². The van der Waals surface area contributed by atoms with Crippen molar-refractivity contribution in [2.24, 2.45) is 5.92 Å². The predicted molar refractivity (Wildman–Crippen MR) is 107 cm³/mol. The molecule has 5 nitrogen and oxygen atoms in total. The van der Waals surface area contributed by atoms with E-state index in [9.17, 15) is 22.8 Å². The second-order valence-electron chi connectivity index (χ2n) is 7.55. The Morgan fingerprint density at radius 3 is 2.55 bits per heavy atom. The molecule has 2 fully saturated rings. The second-order valence-corrected chi connectivity index (χ2v) is 7.55. The number of halogens is 4. The van der Waals surface area contributed by atoms with Gasteiger partial charge in [-0.1, -0.05) is 25.0 Å². The number of nitrogens with one attached hydrogen (secondary N) is 2. The highest BCUT2D eigenvalue weighted by molar-refractivity contribution is 5.96. The zero-order chi connectivity index (χ0) is 20.3. The van der Waals surface area contributed by atoms with Gasteiger partial charge in [0.1, 0.15) is 0 Å². The number of rotatable bonds is 5. The molecule has 1 heterocycles. The fourth-order valence-electron chi connectivity index (χ4n) is 4.28. The van der Waals surface area contributed by atoms with Crippen molar-refractivity contribution in [3.63, 3.8) is 0 Å². The number of carbonyl (C=O) groups is 2. The molecule has 1 aromatic carbocycles. The number of hydrogen-bond donors (Lipinski definition) is 2. The molecule has 1 aromatic rings. The van der Waals surface area contributed by atoms with E-state index in [2.05, 4.69) is 10.6 Å². The van der Waals surface area contributed by atoms with E-state index in [4.69, 9.17) is 0 Å². The van der Waals surface area contributed by atoms with Crippen molar-refractivity contribution in [3.05, 3.63) is 29.8 Å². The quantitative estimate of drug-likeness (QED) is 0.741. The lowest BCUT2D eigenvalue weighted by molar-refractivity contribution is -0.137. The summed E-state index contributed by atoms with van der Waals surface area (Å²) in [5.41, 5.74) is -1.20. The molecule has 1 aliphatic carbocycles. The third-order valence-corrected chi connectivity index (χ3v) is 5.70. The van der Waals surface area contributed by atoms with E-state index in [1.807, 2.05) is 0 Å². The number of para-hydroxylation sites is 1. The normalized spacial score (nSPS) is 23.7. The number of amides is 2. The lowest BCUT2D eigenvalue weighted by Crippen LogP contribution is -2.47. The zero-order valence-electron chi connectivity index (χ0n) is 16.3. The van der Waals surface area contributed by atoms with Crippen LogP contribution in [0.15, 0.2) is 24.3 Å². The smallest absolute Gasteiger partial charge is 0.332 e. The van der Waals surface area contributed by atoms with Crippen LogP contribution < -0.4 is 10.6 Å². The van der Waals surface area contributed by atoms with Crippen LogP contribution >= 0.6 is 12.4 Å². The van der Waals surface area contributed by atoms with Crippen LogP contribution in [0.4, 0.5) is 18.9 Å². The first-order chi connectivity index (χ1) is 13.3. The van der Waals surface area contributed by atoms with Crippen LogP contribution in [0.5, 0.6) is 0 Å². The minimum atomic E-state index is -4.56. The van der Waals surface area contributed by atoms with Gasteiger partial charge in [0.05, 0.1) is 23.8 Å². The highest BCUT2D eigenvalue weighted by Gasteiger charge is 2.40. The lowest BCUT2D eigenvalue weighted by atomic mass is 9.85. The van der Waals surface area contributed by atoms with Gasteiger partial charge in [-0.05, 0) is 44.2 Å². The van der Waals surface area contributed by atoms with E-state index in [1.165, 1.54) is 29.5 Å². The maximum absolute atomic E-state index is 13.1. The first-order valence-corrected chi connectivity index (χ1v) is 9.80. The molecule has 162 valence electrons. The fraction of sp³-hybridized carbons (Fsp3) is 0.600. The van der Waals surface area contributed by atoms with Crippen molar-refractivity contribution in [3.8, 4) is 0 Å². The summed E-state index contributed by atoms with van der Waals surface area (Å²) in [4.78, 5) is 26.6. The molecule has 0 spiro atoms. The average molecular weight is 434 g/mol. The number of likely N-dealkylation sites (N-methyl/N-ethyl adjacent to an activating group) is 1. The van der Waals surface area contributed by atoms with Crippen molar-refractivity contribution < 1.29 is 22.8 Å². The number of nitrogens with zero attached hydrogens (tertiary/aromatic N) is 1. The van der Waals surface area contributed by atoms with Crippen LogP contribution in [-0.2, 0) is 15.8 Å². The standard InChI is InChI=1S/C20H26F3N3O2.ClH/c1-2-26(19(28)17-11-13-7-3-5-9-15(13)24-17)12-18(27)25-16-10-6-4-8-14(16)20(21,22)23;/h4,6,8,10,13,15,17,24H,2-3,5,7,9,11-12H2,1H3,(H,25,27);1H. The SMILES string of the molecule is CCN(CC(=O)Nc1ccccc1C(F)(F)F)C(=O)C1CC2CCCCC2N1.Cl. The van der Waals surface area contributed by atoms with Crippen LogP contribution in [0.1, 0.15) is 44.6 Å². The molecule has 2 aliphatic rings. The Morgan fingerprint density at radius 2 is 1.90 bits per heavy atom. The van der Waals surface area contributed by atoms with Gasteiger partial charge in [0.25, 0.3) is 0 Å². The van der Waals surface area contributed by atoms with Gasteiger partial charge in [0.15, 0.2) is 0 Å². The molecule has 2 amide bonds. The van der Waals surface area contributed by atoms with Crippen LogP contribution in [0, 0.1) is 5.92 Å². The number of hydrogen-bond acceptors (Lipinski definition) is 3. The first kappa shape index (κ1) is 23.5. The summed E-state index contributed by atoms with van der Waals surface area (Å²) >= 11 is 0. The van der Waals surface area contributed by atoms with Crippen LogP contribution in [0.2, 0.25) is 0 Å². The number of alkyl halides is 3. The molecule has 3 atom stereocenters. The lowest BCUT2D eigenvalue weighted by Gasteiger charge is -2.25. The molecule has 1 saturated heterocycles. The molecule has 0 aromatic heterocycles. The third kappa shape index (κ3) is 5.63. The highest BCUT2D eigenvalue weighted by atomic mass is 35.5. The summed E-state index contributed by atoms with van der Waals surface area (Å²) in [5.74, 6) is -0.299. The zero-order valence-corrected chi connectivity index (χ0v) is 17.1. The third-order valence-electron chi connectivity index (χ3n) is 5.70. The molecule has 1 saturated carbocycles. The molecule has 3 unspecified atom stereocenters. The van der Waals surface area contributed by atoms with E-state index in [0.29, 0.717) is 18.5 Å². The number of benzene rings is 1. The highest BCUT2D eigenvalue weighted by Crippen LogP contribution is 2.35. The summed E-state index contributed by atoms with van der Waals surface area (Å²) in [5, 5.41) is 5.69. The Morgan fingerprint density at radius 1 is 1.21 bits per heavy atom. The molecular weight excluding hydrogens is 407 g/mol. The maximum atomic E-state index is 13.1. The van der Waals surface area contributed by atoms with Gasteiger partial charge < -0.3 is 15.5 Å². The van der Waals surface area contributed by atoms with E-state index in [1.54, 1.807) is 6.92 Å². The molecule has 0 bridgehead atoms. The van der Waals surface area contributed by atoms with Gasteiger partial charge in [0.2, 0.25) is 11.8 Å². The molecular formula is C20H27ClF3N3O2. The van der Waals surface area contributed by atoms with Crippen LogP contribution in [0.3, 0.4) is 0 Å². The molecule has 3 rings (SSSR count). The molecule has 2 N–H and O–H groups in total. The van der Waals surface area contributed by atoms with Crippen molar-refractivity contribution in [2.45, 2.75) is 57.3 Å². The van der Waals surface area contributed by atoms with Gasteiger partial charge in [-0.2, -0.15) is 13.2 Å². The molecule has 0 radical (unpaired) electrons. The maximum Gasteiger partial charge on any atom is 0.418 e. The van der Waals surface area contributed by atoms with Gasteiger partial charge in [-0.15, -0.1) is 12.4 Å². The Balaban J connectivity index is 0.00000300. The van der Waals surface area contributed by atoms with Crippen LogP contribution in [0.25, 0.3) is 0 Å². The summed E-state index contributed by atoms with van der Waals surface area (Å²) in [6.45, 7) is 1.81. The largest absolute Gasteiger partial charge is 0.418 e. The molecule has 1 aliphatic heterocycles. The monoisotopic (exact) mass is 433 g/mol. The van der Waals surface area contributed by atoms with E-state index in [0.717, 1.165) is 31.7 Å². The predicted octanol–water partition coefficient (Wildman–Crippen LogP) is 3.83. The molecule has 9 heteroatoms. The van der Waals surface area contributed by atoms with Crippen molar-refractivity contribution in [1.82, 2.24) is 10.2 Å². The summed E-state index contributed by atoms with van der Waals surface area (Å²) < 4.78 is 39.2. The first-order valence-electron chi connectivity index (χ1n) is 9.80.